The number of fused-ring (bicyclic) bond motifs is 1. The average molecular weight is 422 g/mol. The molecule has 1 unspecified atom stereocenters. The summed E-state index contributed by atoms with van der Waals surface area (Å²) in [5.41, 5.74) is 4.83. The molecule has 2 aromatic rings. The van der Waals surface area contributed by atoms with Crippen molar-refractivity contribution in [1.82, 2.24) is 0 Å². The van der Waals surface area contributed by atoms with Crippen LogP contribution >= 0.6 is 0 Å². The van der Waals surface area contributed by atoms with E-state index in [-0.39, 0.29) is 16.4 Å². The lowest BCUT2D eigenvalue weighted by Crippen LogP contribution is -2.35. The van der Waals surface area contributed by atoms with Crippen molar-refractivity contribution in [3.05, 3.63) is 70.3 Å². The third kappa shape index (κ3) is 4.36. The standard InChI is InChI=1S/C26H31NO4/c1-6-26(4)14-13-25(2,3)20-15-19(23(31-5)16-21(20)26)22(27-30)12-9-17-7-10-18(11-8-17)24(28)29/h7-12,15-16,30H,6,13-14H2,1-5H3,(H,28,29)/b12-9+,27-22+. The monoisotopic (exact) mass is 421 g/mol. The summed E-state index contributed by atoms with van der Waals surface area (Å²) in [6, 6.07) is 10.7. The van der Waals surface area contributed by atoms with E-state index in [1.165, 1.54) is 11.1 Å². The normalized spacial score (nSPS) is 20.5. The minimum Gasteiger partial charge on any atom is -0.496 e. The van der Waals surface area contributed by atoms with Crippen LogP contribution in [-0.4, -0.2) is 29.1 Å². The molecule has 0 aromatic heterocycles. The minimum absolute atomic E-state index is 0.0159. The van der Waals surface area contributed by atoms with Crippen molar-refractivity contribution < 1.29 is 19.8 Å². The zero-order valence-electron chi connectivity index (χ0n) is 18.9. The Bertz CT molecular complexity index is 1030. The number of carboxylic acids is 1. The molecule has 0 heterocycles. The first-order chi connectivity index (χ1) is 14.6. The molecular weight excluding hydrogens is 390 g/mol. The highest BCUT2D eigenvalue weighted by Crippen LogP contribution is 2.49. The minimum atomic E-state index is -0.964. The molecule has 164 valence electrons. The van der Waals surface area contributed by atoms with Crippen LogP contribution < -0.4 is 4.74 Å². The summed E-state index contributed by atoms with van der Waals surface area (Å²) >= 11 is 0. The Balaban J connectivity index is 2.05. The zero-order valence-corrected chi connectivity index (χ0v) is 18.9. The molecule has 2 N–H and O–H groups in total. The van der Waals surface area contributed by atoms with E-state index in [1.54, 1.807) is 43.5 Å². The van der Waals surface area contributed by atoms with Gasteiger partial charge in [-0.2, -0.15) is 0 Å². The molecule has 0 fully saturated rings. The molecule has 3 rings (SSSR count). The fourth-order valence-corrected chi connectivity index (χ4v) is 4.32. The van der Waals surface area contributed by atoms with Crippen LogP contribution in [0.25, 0.3) is 6.08 Å². The molecule has 1 aliphatic rings. The number of nitrogens with zero attached hydrogens (tertiary/aromatic N) is 1. The lowest BCUT2D eigenvalue weighted by atomic mass is 9.61. The van der Waals surface area contributed by atoms with E-state index in [9.17, 15) is 10.0 Å². The van der Waals surface area contributed by atoms with Gasteiger partial charge in [-0.1, -0.05) is 51.1 Å². The second kappa shape index (κ2) is 8.58. The Morgan fingerprint density at radius 1 is 1.13 bits per heavy atom. The van der Waals surface area contributed by atoms with Crippen LogP contribution in [-0.2, 0) is 10.8 Å². The van der Waals surface area contributed by atoms with Crippen molar-refractivity contribution in [3.63, 3.8) is 0 Å². The average Bonchev–Trinajstić information content (AvgIpc) is 2.77. The molecule has 1 aliphatic carbocycles. The van der Waals surface area contributed by atoms with E-state index in [2.05, 4.69) is 45.0 Å². The maximum atomic E-state index is 11.0. The summed E-state index contributed by atoms with van der Waals surface area (Å²) in [5, 5.41) is 22.4. The third-order valence-electron chi connectivity index (χ3n) is 6.78. The smallest absolute Gasteiger partial charge is 0.335 e. The molecule has 0 aliphatic heterocycles. The van der Waals surface area contributed by atoms with Gasteiger partial charge in [-0.15, -0.1) is 0 Å². The van der Waals surface area contributed by atoms with Crippen LogP contribution in [0.1, 0.15) is 79.6 Å². The first-order valence-electron chi connectivity index (χ1n) is 10.6. The predicted octanol–water partition coefficient (Wildman–Crippen LogP) is 6.02. The van der Waals surface area contributed by atoms with E-state index in [0.29, 0.717) is 11.5 Å². The second-order valence-electron chi connectivity index (χ2n) is 9.14. The van der Waals surface area contributed by atoms with Gasteiger partial charge in [-0.3, -0.25) is 0 Å². The zero-order chi connectivity index (χ0) is 22.8. The topological polar surface area (TPSA) is 79.1 Å². The van der Waals surface area contributed by atoms with Crippen molar-refractivity contribution in [3.8, 4) is 5.75 Å². The van der Waals surface area contributed by atoms with Crippen molar-refractivity contribution in [2.75, 3.05) is 7.11 Å². The first kappa shape index (κ1) is 22.6. The van der Waals surface area contributed by atoms with Gasteiger partial charge in [-0.05, 0) is 77.1 Å². The maximum absolute atomic E-state index is 11.0. The van der Waals surface area contributed by atoms with Crippen LogP contribution in [0.5, 0.6) is 5.75 Å². The second-order valence-corrected chi connectivity index (χ2v) is 9.14. The van der Waals surface area contributed by atoms with E-state index in [4.69, 9.17) is 9.84 Å². The Labute approximate surface area is 184 Å². The quantitative estimate of drug-likeness (QED) is 0.339. The Kier molecular flexibility index (Phi) is 6.25. The number of carboxylic acid groups (broad SMARTS) is 1. The van der Waals surface area contributed by atoms with Crippen LogP contribution in [0.4, 0.5) is 0 Å². The molecule has 1 atom stereocenters. The number of ether oxygens (including phenoxy) is 1. The molecule has 0 saturated carbocycles. The fourth-order valence-electron chi connectivity index (χ4n) is 4.32. The number of carbonyl (C=O) groups is 1. The molecule has 31 heavy (non-hydrogen) atoms. The van der Waals surface area contributed by atoms with Crippen LogP contribution in [0.3, 0.4) is 0 Å². The number of hydrogen-bond donors (Lipinski definition) is 2. The summed E-state index contributed by atoms with van der Waals surface area (Å²) in [7, 11) is 1.63. The molecule has 0 saturated heterocycles. The first-order valence-corrected chi connectivity index (χ1v) is 10.6. The SMILES string of the molecule is CCC1(C)CCC(C)(C)c2cc(C(/C=C/c3ccc(C(=O)O)cc3)=N/O)c(OC)cc21. The van der Waals surface area contributed by atoms with E-state index in [0.717, 1.165) is 30.4 Å². The van der Waals surface area contributed by atoms with E-state index < -0.39 is 5.97 Å². The number of aromatic carboxylic acids is 1. The van der Waals surface area contributed by atoms with Gasteiger partial charge < -0.3 is 15.1 Å². The summed E-state index contributed by atoms with van der Waals surface area (Å²) in [6.07, 6.45) is 6.77. The summed E-state index contributed by atoms with van der Waals surface area (Å²) in [5.74, 6) is -0.288. The Hall–Kier alpha value is -3.08. The summed E-state index contributed by atoms with van der Waals surface area (Å²) in [6.45, 7) is 9.04. The third-order valence-corrected chi connectivity index (χ3v) is 6.78. The largest absolute Gasteiger partial charge is 0.496 e. The number of allylic oxidation sites excluding steroid dienone is 1. The molecule has 0 bridgehead atoms. The molecule has 5 heteroatoms. The van der Waals surface area contributed by atoms with Gasteiger partial charge in [0.25, 0.3) is 0 Å². The van der Waals surface area contributed by atoms with E-state index in [1.807, 2.05) is 0 Å². The lowest BCUT2D eigenvalue weighted by Gasteiger charge is -2.43. The van der Waals surface area contributed by atoms with Gasteiger partial charge in [0.15, 0.2) is 0 Å². The number of rotatable bonds is 6. The molecule has 2 aromatic carbocycles. The van der Waals surface area contributed by atoms with Gasteiger partial charge in [-0.25, -0.2) is 4.79 Å². The molecule has 0 spiro atoms. The van der Waals surface area contributed by atoms with Crippen LogP contribution in [0.2, 0.25) is 0 Å². The van der Waals surface area contributed by atoms with Crippen LogP contribution in [0, 0.1) is 0 Å². The van der Waals surface area contributed by atoms with Crippen molar-refractivity contribution in [2.45, 2.75) is 57.8 Å². The number of benzene rings is 2. The van der Waals surface area contributed by atoms with Gasteiger partial charge >= 0.3 is 5.97 Å². The van der Waals surface area contributed by atoms with Gasteiger partial charge in [0.1, 0.15) is 11.5 Å². The molecule has 0 amide bonds. The summed E-state index contributed by atoms with van der Waals surface area (Å²) < 4.78 is 5.70. The van der Waals surface area contributed by atoms with Crippen LogP contribution in [0.15, 0.2) is 47.6 Å². The highest BCUT2D eigenvalue weighted by Gasteiger charge is 2.39. The molecule has 0 radical (unpaired) electrons. The van der Waals surface area contributed by atoms with Gasteiger partial charge in [0.05, 0.1) is 12.7 Å². The molecule has 5 nitrogen and oxygen atoms in total. The fraction of sp³-hybridized carbons (Fsp3) is 0.385. The molecular formula is C26H31NO4. The predicted molar refractivity (Wildman–Crippen MR) is 124 cm³/mol. The highest BCUT2D eigenvalue weighted by molar-refractivity contribution is 6.12. The van der Waals surface area contributed by atoms with Crippen molar-refractivity contribution in [2.24, 2.45) is 5.16 Å². The summed E-state index contributed by atoms with van der Waals surface area (Å²) in [4.78, 5) is 11.0. The number of methoxy groups -OCH3 is 1. The lowest BCUT2D eigenvalue weighted by molar-refractivity contribution is 0.0697. The van der Waals surface area contributed by atoms with Crippen molar-refractivity contribution >= 4 is 17.8 Å². The number of oxime groups is 1. The Morgan fingerprint density at radius 3 is 2.35 bits per heavy atom. The van der Waals surface area contributed by atoms with Gasteiger partial charge in [0, 0.05) is 5.56 Å². The van der Waals surface area contributed by atoms with E-state index >= 15 is 0 Å². The number of hydrogen-bond acceptors (Lipinski definition) is 4. The van der Waals surface area contributed by atoms with Crippen molar-refractivity contribution in [1.29, 1.82) is 0 Å². The highest BCUT2D eigenvalue weighted by atomic mass is 16.5. The van der Waals surface area contributed by atoms with Gasteiger partial charge in [0.2, 0.25) is 0 Å². The maximum Gasteiger partial charge on any atom is 0.335 e. The Morgan fingerprint density at radius 2 is 1.81 bits per heavy atom.